The van der Waals surface area contributed by atoms with E-state index in [1.807, 2.05) is 0 Å². The molecule has 0 amide bonds. The van der Waals surface area contributed by atoms with Gasteiger partial charge in [0.15, 0.2) is 0 Å². The SMILES string of the molecule is CC1=C(C)C(C)(C(C)(C)C)C(C2=CC=CC2)=C2[C]([Zr]=[C](c3ccccc3)c3ccccc3)=c3cc(C(C)(C)C)ccc3=C12. The summed E-state index contributed by atoms with van der Waals surface area (Å²) in [4.78, 5) is 0. The van der Waals surface area contributed by atoms with Gasteiger partial charge in [0.2, 0.25) is 0 Å². The van der Waals surface area contributed by atoms with Crippen LogP contribution in [0.25, 0.3) is 8.85 Å². The minimum absolute atomic E-state index is 0.0581. The van der Waals surface area contributed by atoms with E-state index in [0.717, 1.165) is 6.42 Å². The molecule has 0 nitrogen and oxygen atoms in total. The van der Waals surface area contributed by atoms with Crippen LogP contribution in [0.2, 0.25) is 0 Å². The molecule has 0 spiro atoms. The van der Waals surface area contributed by atoms with Gasteiger partial charge in [-0.1, -0.05) is 0 Å². The molecule has 0 bridgehead atoms. The Kier molecular flexibility index (Phi) is 7.66. The van der Waals surface area contributed by atoms with Crippen molar-refractivity contribution in [2.45, 2.75) is 74.1 Å². The molecule has 3 aromatic rings. The van der Waals surface area contributed by atoms with E-state index in [9.17, 15) is 0 Å². The molecule has 3 aromatic carbocycles. The van der Waals surface area contributed by atoms with Gasteiger partial charge >= 0.3 is 272 Å². The second-order valence-corrected chi connectivity index (χ2v) is 17.8. The molecule has 0 saturated carbocycles. The maximum absolute atomic E-state index is 2.56. The van der Waals surface area contributed by atoms with E-state index >= 15 is 0 Å². The van der Waals surface area contributed by atoms with Crippen LogP contribution in [0.15, 0.2) is 125 Å². The fourth-order valence-corrected chi connectivity index (χ4v) is 11.2. The third-order valence-corrected chi connectivity index (χ3v) is 14.3. The summed E-state index contributed by atoms with van der Waals surface area (Å²) in [5.41, 5.74) is 13.4. The van der Waals surface area contributed by atoms with E-state index in [-0.39, 0.29) is 16.2 Å². The van der Waals surface area contributed by atoms with Crippen molar-refractivity contribution in [1.82, 2.24) is 0 Å². The minimum atomic E-state index is -1.34. The molecule has 6 rings (SSSR count). The zero-order valence-electron chi connectivity index (χ0n) is 27.4. The average molecular weight is 641 g/mol. The molecule has 217 valence electrons. The van der Waals surface area contributed by atoms with Gasteiger partial charge in [-0.05, 0) is 0 Å². The van der Waals surface area contributed by atoms with Gasteiger partial charge in [0.05, 0.1) is 0 Å². The van der Waals surface area contributed by atoms with Crippen molar-refractivity contribution >= 4 is 12.1 Å². The maximum atomic E-state index is 2.56. The molecule has 43 heavy (non-hydrogen) atoms. The van der Waals surface area contributed by atoms with Gasteiger partial charge in [-0.3, -0.25) is 0 Å². The standard InChI is InChI=1S/C29H35.C13H10.Zr/c1-18-19(2)29(9,28(6,7)8)26(20-12-10-11-13-20)24-17-21-16-22(27(3,4)5)14-15-23(21)25(18)24;1-3-7-12(8-4-1)11-13-9-5-2-6-10-13;/h10-12,14-16H,13H2,1-9H3;1-10H;. The van der Waals surface area contributed by atoms with Gasteiger partial charge in [0.25, 0.3) is 0 Å². The van der Waals surface area contributed by atoms with Crippen LogP contribution < -0.4 is 10.4 Å². The predicted molar refractivity (Wildman–Crippen MR) is 182 cm³/mol. The first-order valence-corrected chi connectivity index (χ1v) is 18.2. The molecule has 3 aliphatic rings. The molecule has 0 aromatic heterocycles. The van der Waals surface area contributed by atoms with Crippen LogP contribution in [0.3, 0.4) is 0 Å². The van der Waals surface area contributed by atoms with E-state index in [2.05, 4.69) is 159 Å². The molecule has 1 heteroatoms. The summed E-state index contributed by atoms with van der Waals surface area (Å²) in [6.07, 6.45) is 8.04. The van der Waals surface area contributed by atoms with Gasteiger partial charge in [0.1, 0.15) is 0 Å². The number of hydrogen-bond acceptors (Lipinski definition) is 0. The summed E-state index contributed by atoms with van der Waals surface area (Å²) in [5.74, 6) is 0. The van der Waals surface area contributed by atoms with E-state index < -0.39 is 22.8 Å². The van der Waals surface area contributed by atoms with Crippen LogP contribution in [0, 0.1) is 10.8 Å². The molecule has 1 unspecified atom stereocenters. The Balaban J connectivity index is 1.83. The van der Waals surface area contributed by atoms with Gasteiger partial charge in [-0.15, -0.1) is 0 Å². The van der Waals surface area contributed by atoms with E-state index in [0.29, 0.717) is 0 Å². The van der Waals surface area contributed by atoms with Crippen molar-refractivity contribution in [2.75, 3.05) is 0 Å². The molecular formula is C42H45Zr. The predicted octanol–water partition coefficient (Wildman–Crippen LogP) is 9.19. The van der Waals surface area contributed by atoms with Gasteiger partial charge in [-0.25, -0.2) is 0 Å². The second-order valence-electron chi connectivity index (χ2n) is 14.7. The van der Waals surface area contributed by atoms with Gasteiger partial charge in [-0.2, -0.15) is 0 Å². The van der Waals surface area contributed by atoms with E-state index in [1.165, 1.54) is 49.4 Å². The number of rotatable bonds is 4. The van der Waals surface area contributed by atoms with Crippen molar-refractivity contribution in [1.29, 1.82) is 0 Å². The molecule has 3 aliphatic carbocycles. The summed E-state index contributed by atoms with van der Waals surface area (Å²) in [6.45, 7) is 21.7. The fraction of sp³-hybridized carbons (Fsp3) is 0.310. The van der Waals surface area contributed by atoms with Crippen molar-refractivity contribution in [3.05, 3.63) is 152 Å². The van der Waals surface area contributed by atoms with Crippen LogP contribution in [0.5, 0.6) is 0 Å². The van der Waals surface area contributed by atoms with Crippen LogP contribution in [-0.2, 0) is 28.2 Å². The van der Waals surface area contributed by atoms with Crippen LogP contribution in [0.4, 0.5) is 0 Å². The summed E-state index contributed by atoms with van der Waals surface area (Å²) >= 11 is -1.34. The molecule has 1 atom stereocenters. The summed E-state index contributed by atoms with van der Waals surface area (Å²) in [5, 5.41) is 2.93. The summed E-state index contributed by atoms with van der Waals surface area (Å²) < 4.78 is 3.20. The Morgan fingerprint density at radius 3 is 1.86 bits per heavy atom. The Morgan fingerprint density at radius 1 is 0.744 bits per heavy atom. The Morgan fingerprint density at radius 2 is 1.35 bits per heavy atom. The van der Waals surface area contributed by atoms with E-state index in [1.54, 1.807) is 17.6 Å². The number of allylic oxidation sites excluding steroid dienone is 8. The fourth-order valence-electron chi connectivity index (χ4n) is 7.30. The first-order chi connectivity index (χ1) is 20.3. The quantitative estimate of drug-likeness (QED) is 0.267. The third kappa shape index (κ3) is 4.97. The molecule has 0 fully saturated rings. The topological polar surface area (TPSA) is 0 Å². The summed E-state index contributed by atoms with van der Waals surface area (Å²) in [6, 6.07) is 29.8. The molecule has 0 radical (unpaired) electrons. The van der Waals surface area contributed by atoms with Gasteiger partial charge in [0, 0.05) is 0 Å². The Bertz CT molecular complexity index is 1850. The van der Waals surface area contributed by atoms with Crippen molar-refractivity contribution in [2.24, 2.45) is 10.8 Å². The van der Waals surface area contributed by atoms with Crippen LogP contribution >= 0.6 is 0 Å². The van der Waals surface area contributed by atoms with E-state index in [4.69, 9.17) is 0 Å². The van der Waals surface area contributed by atoms with Crippen molar-refractivity contribution in [3.8, 4) is 0 Å². The third-order valence-electron chi connectivity index (χ3n) is 10.3. The van der Waals surface area contributed by atoms with Crippen LogP contribution in [0.1, 0.15) is 85.4 Å². The molecule has 0 heterocycles. The number of hydrogen-bond donors (Lipinski definition) is 0. The molecule has 0 saturated heterocycles. The molecular weight excluding hydrogens is 596 g/mol. The number of fused-ring (bicyclic) bond motifs is 2. The monoisotopic (exact) mass is 639 g/mol. The molecule has 0 aliphatic heterocycles. The normalized spacial score (nSPS) is 19.9. The van der Waals surface area contributed by atoms with Crippen LogP contribution in [-0.4, -0.2) is 3.21 Å². The average Bonchev–Trinajstić information content (AvgIpc) is 3.61. The molecule has 0 N–H and O–H groups in total. The second kappa shape index (κ2) is 10.9. The number of benzene rings is 3. The zero-order valence-corrected chi connectivity index (χ0v) is 29.9. The van der Waals surface area contributed by atoms with Gasteiger partial charge < -0.3 is 0 Å². The van der Waals surface area contributed by atoms with Crippen molar-refractivity contribution < 1.29 is 22.8 Å². The Labute approximate surface area is 270 Å². The van der Waals surface area contributed by atoms with Crippen molar-refractivity contribution in [3.63, 3.8) is 0 Å². The first kappa shape index (κ1) is 30.2. The zero-order chi connectivity index (χ0) is 30.7. The first-order valence-electron chi connectivity index (χ1n) is 15.8. The Hall–Kier alpha value is -2.89. The summed E-state index contributed by atoms with van der Waals surface area (Å²) in [7, 11) is 0.